The highest BCUT2D eigenvalue weighted by Gasteiger charge is 2.22. The van der Waals surface area contributed by atoms with Crippen LogP contribution in [0.3, 0.4) is 0 Å². The van der Waals surface area contributed by atoms with Gasteiger partial charge >= 0.3 is 6.03 Å². The highest BCUT2D eigenvalue weighted by molar-refractivity contribution is 6.31. The lowest BCUT2D eigenvalue weighted by Crippen LogP contribution is -2.50. The predicted molar refractivity (Wildman–Crippen MR) is 115 cm³/mol. The second kappa shape index (κ2) is 8.39. The quantitative estimate of drug-likeness (QED) is 0.711. The Labute approximate surface area is 175 Å². The van der Waals surface area contributed by atoms with Crippen molar-refractivity contribution in [1.29, 1.82) is 0 Å². The Kier molecular flexibility index (Phi) is 5.69. The molecule has 7 nitrogen and oxygen atoms in total. The first-order chi connectivity index (χ1) is 14.0. The molecule has 4 rings (SSSR count). The second-order valence-electron chi connectivity index (χ2n) is 7.37. The van der Waals surface area contributed by atoms with Gasteiger partial charge in [-0.15, -0.1) is 0 Å². The predicted octanol–water partition coefficient (Wildman–Crippen LogP) is 3.55. The highest BCUT2D eigenvalue weighted by atomic mass is 35.5. The zero-order valence-corrected chi connectivity index (χ0v) is 17.5. The summed E-state index contributed by atoms with van der Waals surface area (Å²) >= 11 is 6.05. The van der Waals surface area contributed by atoms with E-state index in [1.807, 2.05) is 43.0 Å². The number of urea groups is 1. The van der Waals surface area contributed by atoms with Crippen molar-refractivity contribution in [3.8, 4) is 0 Å². The van der Waals surface area contributed by atoms with E-state index in [-0.39, 0.29) is 6.03 Å². The monoisotopic (exact) mass is 412 g/mol. The lowest BCUT2D eigenvalue weighted by molar-refractivity contribution is 0.144. The van der Waals surface area contributed by atoms with Crippen molar-refractivity contribution in [2.24, 2.45) is 0 Å². The summed E-state index contributed by atoms with van der Waals surface area (Å²) in [5, 5.41) is 3.60. The molecule has 3 aromatic rings. The third-order valence-electron chi connectivity index (χ3n) is 5.44. The molecule has 2 amide bonds. The first kappa shape index (κ1) is 19.7. The molecule has 0 saturated carbocycles. The molecule has 0 unspecified atom stereocenters. The molecule has 152 valence electrons. The van der Waals surface area contributed by atoms with E-state index in [9.17, 15) is 4.79 Å². The maximum atomic E-state index is 12.6. The number of pyridine rings is 1. The fraction of sp³-hybridized carbons (Fsp3) is 0.381. The number of nitrogens with one attached hydrogen (secondary N) is 1. The summed E-state index contributed by atoms with van der Waals surface area (Å²) in [7, 11) is 0. The Morgan fingerprint density at radius 2 is 1.93 bits per heavy atom. The van der Waals surface area contributed by atoms with Crippen molar-refractivity contribution in [3.63, 3.8) is 0 Å². The minimum absolute atomic E-state index is 0.0735. The number of carbonyl (C=O) groups is 1. The normalized spacial score (nSPS) is 15.1. The summed E-state index contributed by atoms with van der Waals surface area (Å²) in [6.45, 7) is 8.82. The van der Waals surface area contributed by atoms with E-state index in [2.05, 4.69) is 24.8 Å². The molecule has 29 heavy (non-hydrogen) atoms. The van der Waals surface area contributed by atoms with Crippen molar-refractivity contribution in [1.82, 2.24) is 24.3 Å². The van der Waals surface area contributed by atoms with Gasteiger partial charge in [0.05, 0.1) is 0 Å². The van der Waals surface area contributed by atoms with Crippen LogP contribution in [0.4, 0.5) is 10.5 Å². The molecule has 0 radical (unpaired) electrons. The number of imidazole rings is 1. The van der Waals surface area contributed by atoms with Crippen LogP contribution in [0.2, 0.25) is 5.02 Å². The number of piperazine rings is 1. The van der Waals surface area contributed by atoms with Crippen LogP contribution in [0.15, 0.2) is 36.5 Å². The summed E-state index contributed by atoms with van der Waals surface area (Å²) in [4.78, 5) is 25.9. The summed E-state index contributed by atoms with van der Waals surface area (Å²) < 4.78 is 2.16. The molecule has 3 heterocycles. The second-order valence-corrected chi connectivity index (χ2v) is 7.81. The average Bonchev–Trinajstić information content (AvgIpc) is 3.04. The first-order valence-corrected chi connectivity index (χ1v) is 10.2. The molecular formula is C21H25ClN6O. The van der Waals surface area contributed by atoms with Gasteiger partial charge in [0.25, 0.3) is 0 Å². The highest BCUT2D eigenvalue weighted by Crippen LogP contribution is 2.21. The number of aryl methyl sites for hydroxylation is 2. The molecule has 0 atom stereocenters. The van der Waals surface area contributed by atoms with E-state index in [1.54, 1.807) is 12.3 Å². The topological polar surface area (TPSA) is 66.3 Å². The summed E-state index contributed by atoms with van der Waals surface area (Å²) in [6.07, 6.45) is 1.80. The average molecular weight is 413 g/mol. The fourth-order valence-electron chi connectivity index (χ4n) is 3.68. The lowest BCUT2D eigenvalue weighted by Gasteiger charge is -2.34. The number of nitrogens with zero attached hydrogens (tertiary/aromatic N) is 5. The molecular weight excluding hydrogens is 388 g/mol. The van der Waals surface area contributed by atoms with E-state index in [0.29, 0.717) is 18.1 Å². The Hall–Kier alpha value is -2.64. The number of hydrogen-bond donors (Lipinski definition) is 1. The standard InChI is InChI=1S/C21H25ClN6O/c1-15-5-6-17(22)14-19(15)25-21(29)27-11-8-26(9-12-27)10-13-28-16(2)24-18-4-3-7-23-20(18)28/h3-7,14H,8-13H2,1-2H3,(H,25,29). The number of carbonyl (C=O) groups excluding carboxylic acids is 1. The van der Waals surface area contributed by atoms with E-state index >= 15 is 0 Å². The van der Waals surface area contributed by atoms with Gasteiger partial charge in [0.2, 0.25) is 0 Å². The summed E-state index contributed by atoms with van der Waals surface area (Å²) in [6, 6.07) is 9.35. The Bertz CT molecular complexity index is 1030. The van der Waals surface area contributed by atoms with Gasteiger partial charge in [-0.1, -0.05) is 17.7 Å². The number of benzene rings is 1. The van der Waals surface area contributed by atoms with Crippen molar-refractivity contribution in [2.75, 3.05) is 38.0 Å². The van der Waals surface area contributed by atoms with Gasteiger partial charge in [-0.2, -0.15) is 0 Å². The maximum Gasteiger partial charge on any atom is 0.321 e. The van der Waals surface area contributed by atoms with Crippen LogP contribution in [0.1, 0.15) is 11.4 Å². The Morgan fingerprint density at radius 3 is 2.72 bits per heavy atom. The van der Waals surface area contributed by atoms with E-state index in [1.165, 1.54) is 0 Å². The third-order valence-corrected chi connectivity index (χ3v) is 5.67. The van der Waals surface area contributed by atoms with Crippen LogP contribution in [0, 0.1) is 13.8 Å². The third kappa shape index (κ3) is 4.36. The van der Waals surface area contributed by atoms with Gasteiger partial charge < -0.3 is 14.8 Å². The molecule has 1 saturated heterocycles. The van der Waals surface area contributed by atoms with Gasteiger partial charge in [0, 0.05) is 56.2 Å². The minimum Gasteiger partial charge on any atom is -0.322 e. The van der Waals surface area contributed by atoms with Crippen LogP contribution in [0.5, 0.6) is 0 Å². The van der Waals surface area contributed by atoms with Crippen LogP contribution >= 0.6 is 11.6 Å². The number of halogens is 1. The maximum absolute atomic E-state index is 12.6. The molecule has 1 aromatic carbocycles. The molecule has 1 fully saturated rings. The molecule has 1 N–H and O–H groups in total. The van der Waals surface area contributed by atoms with Crippen LogP contribution in [0.25, 0.3) is 11.2 Å². The Morgan fingerprint density at radius 1 is 1.14 bits per heavy atom. The van der Waals surface area contributed by atoms with E-state index in [4.69, 9.17) is 11.6 Å². The molecule has 0 spiro atoms. The molecule has 1 aliphatic rings. The first-order valence-electron chi connectivity index (χ1n) is 9.83. The van der Waals surface area contributed by atoms with Crippen LogP contribution < -0.4 is 5.32 Å². The number of fused-ring (bicyclic) bond motifs is 1. The van der Waals surface area contributed by atoms with Crippen molar-refractivity contribution in [3.05, 3.63) is 52.9 Å². The van der Waals surface area contributed by atoms with Crippen LogP contribution in [-0.4, -0.2) is 63.1 Å². The van der Waals surface area contributed by atoms with Crippen molar-refractivity contribution < 1.29 is 4.79 Å². The summed E-state index contributed by atoms with van der Waals surface area (Å²) in [5.41, 5.74) is 3.63. The molecule has 0 aliphatic carbocycles. The number of amides is 2. The largest absolute Gasteiger partial charge is 0.322 e. The van der Waals surface area contributed by atoms with Gasteiger partial charge in [-0.05, 0) is 43.7 Å². The van der Waals surface area contributed by atoms with Gasteiger partial charge in [0.1, 0.15) is 11.3 Å². The van der Waals surface area contributed by atoms with Gasteiger partial charge in [0.15, 0.2) is 5.65 Å². The van der Waals surface area contributed by atoms with Gasteiger partial charge in [-0.25, -0.2) is 14.8 Å². The molecule has 1 aliphatic heterocycles. The zero-order valence-electron chi connectivity index (χ0n) is 16.7. The number of anilines is 1. The number of rotatable bonds is 4. The minimum atomic E-state index is -0.0735. The molecule has 2 aromatic heterocycles. The Balaban J connectivity index is 1.30. The van der Waals surface area contributed by atoms with E-state index in [0.717, 1.165) is 54.4 Å². The SMILES string of the molecule is Cc1ccc(Cl)cc1NC(=O)N1CCN(CCn2c(C)nc3cccnc32)CC1. The number of aromatic nitrogens is 3. The van der Waals surface area contributed by atoms with Gasteiger partial charge in [-0.3, -0.25) is 4.90 Å². The lowest BCUT2D eigenvalue weighted by atomic mass is 10.2. The van der Waals surface area contributed by atoms with Crippen LogP contribution in [-0.2, 0) is 6.54 Å². The van der Waals surface area contributed by atoms with E-state index < -0.39 is 0 Å². The van der Waals surface area contributed by atoms with Crippen molar-refractivity contribution >= 4 is 34.5 Å². The molecule has 0 bridgehead atoms. The molecule has 8 heteroatoms. The van der Waals surface area contributed by atoms with Crippen molar-refractivity contribution in [2.45, 2.75) is 20.4 Å². The smallest absolute Gasteiger partial charge is 0.321 e. The fourth-order valence-corrected chi connectivity index (χ4v) is 3.85. The zero-order chi connectivity index (χ0) is 20.4. The number of hydrogen-bond acceptors (Lipinski definition) is 4. The summed E-state index contributed by atoms with van der Waals surface area (Å²) in [5.74, 6) is 0.980.